The lowest BCUT2D eigenvalue weighted by atomic mass is 10.1. The van der Waals surface area contributed by atoms with Crippen molar-refractivity contribution < 1.29 is 72.8 Å². The first-order valence-electron chi connectivity index (χ1n) is 32.0. The highest BCUT2D eigenvalue weighted by molar-refractivity contribution is 5.94. The normalized spacial score (nSPS) is 12.5. The van der Waals surface area contributed by atoms with Gasteiger partial charge in [-0.1, -0.05) is 57.2 Å². The highest BCUT2D eigenvalue weighted by atomic mass is 16.5. The standard InChI is InChI=1S/C18H27N3O3.C11H21NO.C9H12N2O2.C9H17NO3.C9H17NO2.C8H15NO2.C5H9NO4/c1-5-6-7-8-9-15(19-4)17(23)20-16-11-10-13(2)21(18(16)24)12-14(3)22;1-5-6-7-8-9-11(10(2)13)12(3)4;1-6-3-4-8(10)9(13)11(6)5-7(2)12;1-7(11)8(10(2)3)5-6-9(12)13-4;1-3-4-5-6-7-8(10-2)9(11)12;1-7(11)8(9(2)3)5-4-6-10;6-3(5(9)10)1-2-4(7)8/h6-7,10-11,15,19H,5,8-9,12H2,1-4H3,(H,20,23);6-7,11H,5,8-9H2,1-4H3;3-4H,5,10H2,1-2H3;8H,5-6H2,1-4H3;4-5,8,10H,3,6-7H2,1-2H3,(H,11,12);6,8H,4-5H2,1-3H3;3H,1-2,6H2,(H,7,8)(H,9,10)/b2*7-6+;;;5-4+;;/t15-;11-;;3*8-;3-/m00.0000/s1. The van der Waals surface area contributed by atoms with E-state index in [2.05, 4.69) is 65.8 Å². The maximum absolute atomic E-state index is 12.4. The second-order valence-electron chi connectivity index (χ2n) is 22.9. The number of ketones is 5. The molecule has 96 heavy (non-hydrogen) atoms. The molecule has 0 aromatic carbocycles. The molecule has 27 nitrogen and oxygen atoms in total. The van der Waals surface area contributed by atoms with Crippen LogP contribution in [0.1, 0.15) is 163 Å². The summed E-state index contributed by atoms with van der Waals surface area (Å²) < 4.78 is 7.24. The summed E-state index contributed by atoms with van der Waals surface area (Å²) in [6.07, 6.45) is 22.9. The Morgan fingerprint density at radius 1 is 0.542 bits per heavy atom. The molecule has 0 aliphatic rings. The summed E-state index contributed by atoms with van der Waals surface area (Å²) in [5.41, 5.74) is 11.6. The number of likely N-dealkylation sites (N-methyl/N-ethyl adjacent to an activating group) is 5. The van der Waals surface area contributed by atoms with Crippen LogP contribution >= 0.6 is 0 Å². The van der Waals surface area contributed by atoms with Crippen LogP contribution in [0.15, 0.2) is 70.3 Å². The van der Waals surface area contributed by atoms with Crippen molar-refractivity contribution >= 4 is 76.4 Å². The quantitative estimate of drug-likeness (QED) is 0.0212. The molecular formula is C69H118N10O17. The molecule has 0 aliphatic heterocycles. The van der Waals surface area contributed by atoms with Gasteiger partial charge in [-0.15, -0.1) is 0 Å². The fourth-order valence-electron chi connectivity index (χ4n) is 8.40. The number of esters is 1. The number of carbonyl (C=O) groups excluding carboxylic acids is 8. The second kappa shape index (κ2) is 58.4. The number of carboxylic acid groups (broad SMARTS) is 3. The minimum absolute atomic E-state index is 0.00560. The van der Waals surface area contributed by atoms with E-state index in [0.717, 1.165) is 56.9 Å². The molecule has 546 valence electrons. The van der Waals surface area contributed by atoms with E-state index in [1.165, 1.54) is 37.0 Å². The number of ether oxygens (including phenoxy) is 1. The van der Waals surface area contributed by atoms with Gasteiger partial charge in [-0.2, -0.15) is 0 Å². The maximum Gasteiger partial charge on any atom is 0.320 e. The van der Waals surface area contributed by atoms with Crippen LogP contribution in [-0.2, 0) is 70.6 Å². The zero-order chi connectivity index (χ0) is 75.2. The molecule has 0 radical (unpaired) electrons. The van der Waals surface area contributed by atoms with Crippen LogP contribution in [0.3, 0.4) is 0 Å². The average molecular weight is 1360 g/mol. The number of aromatic nitrogens is 2. The summed E-state index contributed by atoms with van der Waals surface area (Å²) in [5, 5.41) is 33.3. The fraction of sp³-hybridized carbons (Fsp3) is 0.609. The predicted octanol–water partition coefficient (Wildman–Crippen LogP) is 6.21. The van der Waals surface area contributed by atoms with Crippen molar-refractivity contribution in [3.8, 4) is 0 Å². The number of nitrogens with one attached hydrogen (secondary N) is 3. The van der Waals surface area contributed by atoms with Crippen molar-refractivity contribution in [1.29, 1.82) is 0 Å². The number of nitrogen functional groups attached to an aromatic ring is 1. The number of hydrogen-bond donors (Lipinski definition) is 8. The van der Waals surface area contributed by atoms with E-state index in [-0.39, 0.29) is 113 Å². The van der Waals surface area contributed by atoms with Crippen LogP contribution < -0.4 is 38.5 Å². The van der Waals surface area contributed by atoms with Gasteiger partial charge in [0, 0.05) is 30.7 Å². The van der Waals surface area contributed by atoms with Gasteiger partial charge >= 0.3 is 23.9 Å². The summed E-state index contributed by atoms with van der Waals surface area (Å²) >= 11 is 0. The molecule has 0 bridgehead atoms. The van der Waals surface area contributed by atoms with Gasteiger partial charge in [-0.3, -0.25) is 72.2 Å². The molecule has 27 heteroatoms. The van der Waals surface area contributed by atoms with Gasteiger partial charge in [-0.25, -0.2) is 0 Å². The number of pyridine rings is 2. The molecule has 0 aliphatic carbocycles. The van der Waals surface area contributed by atoms with E-state index in [1.807, 2.05) is 69.1 Å². The number of anilines is 2. The van der Waals surface area contributed by atoms with Gasteiger partial charge in [0.25, 0.3) is 11.1 Å². The number of methoxy groups -OCH3 is 1. The molecule has 0 fully saturated rings. The molecule has 0 saturated carbocycles. The van der Waals surface area contributed by atoms with Crippen LogP contribution in [-0.4, -0.2) is 204 Å². The Hall–Kier alpha value is -7.95. The van der Waals surface area contributed by atoms with Crippen molar-refractivity contribution in [2.45, 2.75) is 215 Å². The highest BCUT2D eigenvalue weighted by Crippen LogP contribution is 2.10. The summed E-state index contributed by atoms with van der Waals surface area (Å²) in [5.74, 6) is -3.21. The number of Topliss-reactive ketones (excluding diaryl/α,β-unsaturated/α-hetero) is 5. The summed E-state index contributed by atoms with van der Waals surface area (Å²) in [6, 6.07) is 4.53. The van der Waals surface area contributed by atoms with E-state index in [0.29, 0.717) is 44.2 Å². The first-order chi connectivity index (χ1) is 44.8. The Kier molecular flexibility index (Phi) is 58.9. The van der Waals surface area contributed by atoms with Crippen LogP contribution in [0.2, 0.25) is 0 Å². The van der Waals surface area contributed by atoms with E-state index < -0.39 is 30.0 Å². The van der Waals surface area contributed by atoms with Crippen molar-refractivity contribution in [1.82, 2.24) is 34.5 Å². The lowest BCUT2D eigenvalue weighted by Gasteiger charge is -2.20. The van der Waals surface area contributed by atoms with Crippen LogP contribution in [0.4, 0.5) is 11.4 Å². The number of allylic oxidation sites excluding steroid dienone is 6. The van der Waals surface area contributed by atoms with Gasteiger partial charge in [0.05, 0.1) is 50.1 Å². The lowest BCUT2D eigenvalue weighted by molar-refractivity contribution is -0.142. The molecule has 2 rings (SSSR count). The van der Waals surface area contributed by atoms with Gasteiger partial charge in [0.2, 0.25) is 5.91 Å². The topological polar surface area (TPSA) is 400 Å². The van der Waals surface area contributed by atoms with Gasteiger partial charge in [-0.05, 0) is 206 Å². The zero-order valence-corrected chi connectivity index (χ0v) is 60.8. The second-order valence-corrected chi connectivity index (χ2v) is 22.9. The number of aryl methyl sites for hydroxylation is 2. The van der Waals surface area contributed by atoms with Crippen molar-refractivity contribution in [3.63, 3.8) is 0 Å². The number of aldehydes is 1. The largest absolute Gasteiger partial charge is 0.481 e. The number of aliphatic carboxylic acids is 3. The lowest BCUT2D eigenvalue weighted by Crippen LogP contribution is -2.40. The first kappa shape index (κ1) is 96.7. The third-order valence-corrected chi connectivity index (χ3v) is 13.9. The zero-order valence-electron chi connectivity index (χ0n) is 60.8. The Balaban J connectivity index is -0.000000343. The van der Waals surface area contributed by atoms with Crippen molar-refractivity contribution in [2.75, 3.05) is 74.5 Å². The molecule has 6 atom stereocenters. The molecular weight excluding hydrogens is 1240 g/mol. The minimum atomic E-state index is -1.17. The van der Waals surface area contributed by atoms with E-state index >= 15 is 0 Å². The van der Waals surface area contributed by atoms with Gasteiger partial charge < -0.3 is 61.4 Å². The number of nitrogens with zero attached hydrogens (tertiary/aromatic N) is 5. The maximum atomic E-state index is 12.4. The van der Waals surface area contributed by atoms with Gasteiger partial charge in [0.15, 0.2) is 0 Å². The molecule has 2 aromatic rings. The SMILES string of the molecule is CC(=O)Cn1c(C)ccc(N)c1=O.CC(=O)[C@H](CCC=O)N(C)C.CC/C=C/CC[C@@H](C(C)=O)N(C)C.CC/C=C/CC[C@H](NC)C(=O)Nc1ccc(C)n(CC(C)=O)c1=O.CC/C=C/CC[C@H](NC)C(=O)O.COC(=O)CC[C@@H](C(C)=O)N(C)C.N[C@@H](CCC(=O)O)C(=O)O. The average Bonchev–Trinajstić information content (AvgIpc) is 0.842. The Labute approximate surface area is 569 Å². The molecule has 2 aromatic heterocycles. The Morgan fingerprint density at radius 3 is 1.27 bits per heavy atom. The summed E-state index contributed by atoms with van der Waals surface area (Å²) in [6.45, 7) is 17.5. The van der Waals surface area contributed by atoms with E-state index in [1.54, 1.807) is 66.1 Å². The van der Waals surface area contributed by atoms with Crippen molar-refractivity contribution in [3.05, 3.63) is 92.8 Å². The number of carbonyl (C=O) groups is 11. The molecule has 0 unspecified atom stereocenters. The summed E-state index contributed by atoms with van der Waals surface area (Å²) in [7, 11) is 16.0. The molecule has 10 N–H and O–H groups in total. The molecule has 0 spiro atoms. The molecule has 2 heterocycles. The Morgan fingerprint density at radius 2 is 0.927 bits per heavy atom. The minimum Gasteiger partial charge on any atom is -0.481 e. The smallest absolute Gasteiger partial charge is 0.320 e. The summed E-state index contributed by atoms with van der Waals surface area (Å²) in [4.78, 5) is 148. The number of carboxylic acids is 3. The number of nitrogens with two attached hydrogens (primary N) is 2. The molecule has 0 saturated heterocycles. The highest BCUT2D eigenvalue weighted by Gasteiger charge is 2.21. The fourth-order valence-corrected chi connectivity index (χ4v) is 8.40. The van der Waals surface area contributed by atoms with Crippen LogP contribution in [0.25, 0.3) is 0 Å². The number of amides is 1. The predicted molar refractivity (Wildman–Crippen MR) is 378 cm³/mol. The third-order valence-electron chi connectivity index (χ3n) is 13.9. The van der Waals surface area contributed by atoms with Crippen LogP contribution in [0, 0.1) is 13.8 Å². The van der Waals surface area contributed by atoms with E-state index in [4.69, 9.17) is 26.8 Å². The van der Waals surface area contributed by atoms with Crippen LogP contribution in [0.5, 0.6) is 0 Å². The third kappa shape index (κ3) is 49.6. The number of rotatable bonds is 37. The molecule has 1 amide bonds. The number of hydrogen-bond acceptors (Lipinski definition) is 21. The van der Waals surface area contributed by atoms with Gasteiger partial charge in [0.1, 0.15) is 53.0 Å². The van der Waals surface area contributed by atoms with Crippen molar-refractivity contribution in [2.24, 2.45) is 5.73 Å². The Bertz CT molecular complexity index is 2860. The monoisotopic (exact) mass is 1360 g/mol. The first-order valence-corrected chi connectivity index (χ1v) is 32.0. The van der Waals surface area contributed by atoms with E-state index in [9.17, 15) is 62.3 Å².